The monoisotopic (exact) mass is 258 g/mol. The number of rotatable bonds is 3. The van der Waals surface area contributed by atoms with Crippen LogP contribution < -0.4 is 11.1 Å². The minimum absolute atomic E-state index is 0.446. The number of nitrogens with two attached hydrogens (primary N) is 1. The van der Waals surface area contributed by atoms with Crippen molar-refractivity contribution in [2.24, 2.45) is 5.73 Å². The normalized spacial score (nSPS) is 27.0. The second-order valence-corrected chi connectivity index (χ2v) is 6.30. The molecule has 0 bridgehead atoms. The highest BCUT2D eigenvalue weighted by Gasteiger charge is 2.18. The van der Waals surface area contributed by atoms with Gasteiger partial charge < -0.3 is 11.1 Å². The number of fused-ring (bicyclic) bond motifs is 1. The first-order valence-electron chi connectivity index (χ1n) is 7.91. The molecule has 0 aromatic heterocycles. The van der Waals surface area contributed by atoms with Crippen LogP contribution in [0.5, 0.6) is 0 Å². The quantitative estimate of drug-likeness (QED) is 0.875. The fourth-order valence-electron chi connectivity index (χ4n) is 3.48. The lowest BCUT2D eigenvalue weighted by molar-refractivity contribution is 0.342. The van der Waals surface area contributed by atoms with E-state index in [0.29, 0.717) is 12.1 Å². The third-order valence-electron chi connectivity index (χ3n) is 4.78. The molecule has 2 aliphatic carbocycles. The summed E-state index contributed by atoms with van der Waals surface area (Å²) in [4.78, 5) is 0. The molecule has 0 amide bonds. The highest BCUT2D eigenvalue weighted by atomic mass is 14.9. The molecular weight excluding hydrogens is 232 g/mol. The minimum Gasteiger partial charge on any atom is -0.328 e. The van der Waals surface area contributed by atoms with E-state index >= 15 is 0 Å². The van der Waals surface area contributed by atoms with E-state index in [4.69, 9.17) is 5.73 Å². The van der Waals surface area contributed by atoms with Crippen LogP contribution >= 0.6 is 0 Å². The van der Waals surface area contributed by atoms with Gasteiger partial charge in [0.1, 0.15) is 0 Å². The molecule has 0 radical (unpaired) electrons. The van der Waals surface area contributed by atoms with Crippen LogP contribution in [0.1, 0.15) is 55.2 Å². The number of benzene rings is 1. The largest absolute Gasteiger partial charge is 0.328 e. The lowest BCUT2D eigenvalue weighted by atomic mass is 9.90. The van der Waals surface area contributed by atoms with Crippen LogP contribution in [0.25, 0.3) is 0 Å². The molecule has 1 saturated carbocycles. The zero-order chi connectivity index (χ0) is 13.1. The molecule has 0 unspecified atom stereocenters. The molecule has 2 nitrogen and oxygen atoms in total. The third kappa shape index (κ3) is 3.37. The van der Waals surface area contributed by atoms with Crippen molar-refractivity contribution in [3.8, 4) is 0 Å². The second-order valence-electron chi connectivity index (χ2n) is 6.30. The van der Waals surface area contributed by atoms with Gasteiger partial charge in [0.05, 0.1) is 0 Å². The molecule has 0 heterocycles. The van der Waals surface area contributed by atoms with E-state index in [9.17, 15) is 0 Å². The Bertz CT molecular complexity index is 419. The molecule has 0 spiro atoms. The zero-order valence-corrected chi connectivity index (χ0v) is 11.8. The molecule has 104 valence electrons. The molecule has 19 heavy (non-hydrogen) atoms. The lowest BCUT2D eigenvalue weighted by Gasteiger charge is -2.27. The standard InChI is InChI=1S/C17H26N2/c18-16-7-9-17(10-8-16)19-12-13-5-6-14-3-1-2-4-15(14)11-13/h5-6,11,16-17,19H,1-4,7-10,12,18H2. The van der Waals surface area contributed by atoms with Gasteiger partial charge in [-0.2, -0.15) is 0 Å². The van der Waals surface area contributed by atoms with Crippen molar-refractivity contribution in [1.29, 1.82) is 0 Å². The molecule has 1 aromatic rings. The van der Waals surface area contributed by atoms with Crippen LogP contribution in [0.3, 0.4) is 0 Å². The van der Waals surface area contributed by atoms with Crippen molar-refractivity contribution in [3.63, 3.8) is 0 Å². The van der Waals surface area contributed by atoms with E-state index < -0.39 is 0 Å². The Morgan fingerprint density at radius 3 is 2.53 bits per heavy atom. The Hall–Kier alpha value is -0.860. The van der Waals surface area contributed by atoms with Crippen LogP contribution in [0, 0.1) is 0 Å². The van der Waals surface area contributed by atoms with Gasteiger partial charge in [0.25, 0.3) is 0 Å². The maximum Gasteiger partial charge on any atom is 0.0208 e. The van der Waals surface area contributed by atoms with Gasteiger partial charge in [0, 0.05) is 18.6 Å². The van der Waals surface area contributed by atoms with Gasteiger partial charge in [-0.25, -0.2) is 0 Å². The summed E-state index contributed by atoms with van der Waals surface area (Å²) in [5.41, 5.74) is 10.6. The fourth-order valence-corrected chi connectivity index (χ4v) is 3.48. The molecule has 0 aliphatic heterocycles. The minimum atomic E-state index is 0.446. The topological polar surface area (TPSA) is 38.0 Å². The first-order valence-corrected chi connectivity index (χ1v) is 7.91. The first-order chi connectivity index (χ1) is 9.31. The van der Waals surface area contributed by atoms with Gasteiger partial charge in [-0.3, -0.25) is 0 Å². The van der Waals surface area contributed by atoms with Crippen molar-refractivity contribution >= 4 is 0 Å². The molecule has 0 atom stereocenters. The molecular formula is C17H26N2. The summed E-state index contributed by atoms with van der Waals surface area (Å²) in [6.45, 7) is 1.02. The molecule has 2 heteroatoms. The zero-order valence-electron chi connectivity index (χ0n) is 11.8. The number of nitrogens with one attached hydrogen (secondary N) is 1. The van der Waals surface area contributed by atoms with Crippen molar-refractivity contribution < 1.29 is 0 Å². The molecule has 2 aliphatic rings. The molecule has 3 rings (SSSR count). The Morgan fingerprint density at radius 2 is 1.74 bits per heavy atom. The summed E-state index contributed by atoms with van der Waals surface area (Å²) in [7, 11) is 0. The Kier molecular flexibility index (Phi) is 4.19. The fraction of sp³-hybridized carbons (Fsp3) is 0.647. The summed E-state index contributed by atoms with van der Waals surface area (Å²) in [6.07, 6.45) is 10.1. The summed E-state index contributed by atoms with van der Waals surface area (Å²) in [5.74, 6) is 0. The summed E-state index contributed by atoms with van der Waals surface area (Å²) in [6, 6.07) is 8.21. The highest BCUT2D eigenvalue weighted by Crippen LogP contribution is 2.23. The first kappa shape index (κ1) is 13.1. The Labute approximate surface area is 116 Å². The Morgan fingerprint density at radius 1 is 1.00 bits per heavy atom. The van der Waals surface area contributed by atoms with Gasteiger partial charge in [-0.05, 0) is 68.1 Å². The van der Waals surface area contributed by atoms with Gasteiger partial charge >= 0.3 is 0 Å². The predicted octanol–water partition coefficient (Wildman–Crippen LogP) is 2.92. The third-order valence-corrected chi connectivity index (χ3v) is 4.78. The molecule has 1 fully saturated rings. The van der Waals surface area contributed by atoms with Crippen LogP contribution in [-0.2, 0) is 19.4 Å². The maximum absolute atomic E-state index is 5.95. The van der Waals surface area contributed by atoms with Crippen molar-refractivity contribution in [3.05, 3.63) is 34.9 Å². The smallest absolute Gasteiger partial charge is 0.0208 e. The van der Waals surface area contributed by atoms with Gasteiger partial charge in [-0.1, -0.05) is 18.2 Å². The SMILES string of the molecule is NC1CCC(NCc2ccc3c(c2)CCCC3)CC1. The highest BCUT2D eigenvalue weighted by molar-refractivity contribution is 5.33. The van der Waals surface area contributed by atoms with Crippen LogP contribution in [-0.4, -0.2) is 12.1 Å². The molecule has 3 N–H and O–H groups in total. The van der Waals surface area contributed by atoms with Crippen LogP contribution in [0.15, 0.2) is 18.2 Å². The summed E-state index contributed by atoms with van der Waals surface area (Å²) < 4.78 is 0. The van der Waals surface area contributed by atoms with Crippen molar-refractivity contribution in [1.82, 2.24) is 5.32 Å². The van der Waals surface area contributed by atoms with Gasteiger partial charge in [-0.15, -0.1) is 0 Å². The van der Waals surface area contributed by atoms with Crippen LogP contribution in [0.4, 0.5) is 0 Å². The van der Waals surface area contributed by atoms with Gasteiger partial charge in [0.15, 0.2) is 0 Å². The average molecular weight is 258 g/mol. The maximum atomic E-state index is 5.95. The van der Waals surface area contributed by atoms with E-state index in [1.165, 1.54) is 56.9 Å². The van der Waals surface area contributed by atoms with E-state index in [2.05, 4.69) is 23.5 Å². The van der Waals surface area contributed by atoms with E-state index in [1.807, 2.05) is 0 Å². The van der Waals surface area contributed by atoms with Crippen molar-refractivity contribution in [2.45, 2.75) is 70.0 Å². The number of aryl methyl sites for hydroxylation is 2. The lowest BCUT2D eigenvalue weighted by Crippen LogP contribution is -2.37. The van der Waals surface area contributed by atoms with Gasteiger partial charge in [0.2, 0.25) is 0 Å². The number of hydrogen-bond acceptors (Lipinski definition) is 2. The summed E-state index contributed by atoms with van der Waals surface area (Å²) >= 11 is 0. The number of hydrogen-bond donors (Lipinski definition) is 2. The van der Waals surface area contributed by atoms with E-state index in [-0.39, 0.29) is 0 Å². The summed E-state index contributed by atoms with van der Waals surface area (Å²) in [5, 5.41) is 3.71. The van der Waals surface area contributed by atoms with E-state index in [1.54, 1.807) is 11.1 Å². The average Bonchev–Trinajstić information content (AvgIpc) is 2.46. The van der Waals surface area contributed by atoms with Crippen LogP contribution in [0.2, 0.25) is 0 Å². The molecule has 0 saturated heterocycles. The molecule has 1 aromatic carbocycles. The van der Waals surface area contributed by atoms with E-state index in [0.717, 1.165) is 6.54 Å². The van der Waals surface area contributed by atoms with Crippen molar-refractivity contribution in [2.75, 3.05) is 0 Å². The Balaban J connectivity index is 1.55. The predicted molar refractivity (Wildman–Crippen MR) is 80.2 cm³/mol. The second kappa shape index (κ2) is 6.06.